The zero-order valence-electron chi connectivity index (χ0n) is 10.0. The Bertz CT molecular complexity index is 303. The van der Waals surface area contributed by atoms with Crippen LogP contribution >= 0.6 is 11.3 Å². The molecule has 0 aromatic carbocycles. The predicted octanol–water partition coefficient (Wildman–Crippen LogP) is 3.48. The summed E-state index contributed by atoms with van der Waals surface area (Å²) < 4.78 is 0. The van der Waals surface area contributed by atoms with E-state index in [0.29, 0.717) is 0 Å². The summed E-state index contributed by atoms with van der Waals surface area (Å²) in [6.07, 6.45) is 9.41. The van der Waals surface area contributed by atoms with Crippen molar-refractivity contribution in [1.82, 2.24) is 10.2 Å². The van der Waals surface area contributed by atoms with Crippen molar-refractivity contribution in [2.75, 3.05) is 11.9 Å². The van der Waals surface area contributed by atoms with E-state index in [0.717, 1.165) is 29.0 Å². The lowest BCUT2D eigenvalue weighted by Gasteiger charge is -2.13. The van der Waals surface area contributed by atoms with Crippen molar-refractivity contribution in [2.24, 2.45) is 5.92 Å². The Kier molecular flexibility index (Phi) is 4.57. The van der Waals surface area contributed by atoms with E-state index in [2.05, 4.69) is 22.4 Å². The number of aryl methyl sites for hydroxylation is 1. The van der Waals surface area contributed by atoms with Gasteiger partial charge in [-0.05, 0) is 25.2 Å². The first-order chi connectivity index (χ1) is 7.88. The Balaban J connectivity index is 1.77. The highest BCUT2D eigenvalue weighted by atomic mass is 32.1. The van der Waals surface area contributed by atoms with Crippen molar-refractivity contribution >= 4 is 16.5 Å². The number of rotatable bonds is 4. The van der Waals surface area contributed by atoms with E-state index in [9.17, 15) is 0 Å². The van der Waals surface area contributed by atoms with Crippen LogP contribution in [-0.2, 0) is 6.42 Å². The second-order valence-corrected chi connectivity index (χ2v) is 5.66. The maximum absolute atomic E-state index is 4.15. The van der Waals surface area contributed by atoms with Gasteiger partial charge in [0.2, 0.25) is 5.13 Å². The van der Waals surface area contributed by atoms with Crippen molar-refractivity contribution in [3.63, 3.8) is 0 Å². The number of nitrogens with zero attached hydrogens (tertiary/aromatic N) is 2. The van der Waals surface area contributed by atoms with Crippen LogP contribution in [0.2, 0.25) is 0 Å². The molecule has 3 nitrogen and oxygen atoms in total. The molecule has 90 valence electrons. The van der Waals surface area contributed by atoms with Crippen molar-refractivity contribution in [3.05, 3.63) is 5.01 Å². The van der Waals surface area contributed by atoms with Gasteiger partial charge in [-0.3, -0.25) is 0 Å². The second kappa shape index (κ2) is 6.18. The fourth-order valence-corrected chi connectivity index (χ4v) is 2.95. The second-order valence-electron chi connectivity index (χ2n) is 4.59. The molecule has 0 atom stereocenters. The Labute approximate surface area is 102 Å². The van der Waals surface area contributed by atoms with Crippen LogP contribution in [-0.4, -0.2) is 16.7 Å². The summed E-state index contributed by atoms with van der Waals surface area (Å²) in [6, 6.07) is 0. The zero-order valence-corrected chi connectivity index (χ0v) is 10.9. The van der Waals surface area contributed by atoms with Crippen LogP contribution in [0.15, 0.2) is 0 Å². The highest BCUT2D eigenvalue weighted by molar-refractivity contribution is 7.15. The van der Waals surface area contributed by atoms with Crippen molar-refractivity contribution in [3.8, 4) is 0 Å². The number of aromatic nitrogens is 2. The van der Waals surface area contributed by atoms with Gasteiger partial charge in [-0.2, -0.15) is 0 Å². The standard InChI is InChI=1S/C12H21N3S/c1-2-11-14-15-12(16-11)13-9-10-7-5-3-4-6-8-10/h10H,2-9H2,1H3,(H,13,15). The van der Waals surface area contributed by atoms with Crippen LogP contribution in [0.3, 0.4) is 0 Å². The molecule has 16 heavy (non-hydrogen) atoms. The average molecular weight is 239 g/mol. The summed E-state index contributed by atoms with van der Waals surface area (Å²) in [5.74, 6) is 0.844. The number of nitrogens with one attached hydrogen (secondary N) is 1. The molecular weight excluding hydrogens is 218 g/mol. The molecule has 0 bridgehead atoms. The lowest BCUT2D eigenvalue weighted by atomic mass is 10.0. The smallest absolute Gasteiger partial charge is 0.205 e. The van der Waals surface area contributed by atoms with Gasteiger partial charge in [0.1, 0.15) is 5.01 Å². The monoisotopic (exact) mass is 239 g/mol. The zero-order chi connectivity index (χ0) is 11.2. The Morgan fingerprint density at radius 1 is 1.19 bits per heavy atom. The summed E-state index contributed by atoms with van der Waals surface area (Å²) in [4.78, 5) is 0. The van der Waals surface area contributed by atoms with E-state index in [1.807, 2.05) is 0 Å². The number of hydrogen-bond donors (Lipinski definition) is 1. The number of anilines is 1. The maximum atomic E-state index is 4.15. The van der Waals surface area contributed by atoms with Crippen LogP contribution in [0.25, 0.3) is 0 Å². The summed E-state index contributed by atoms with van der Waals surface area (Å²) >= 11 is 1.69. The van der Waals surface area contributed by atoms with Gasteiger partial charge in [-0.1, -0.05) is 43.9 Å². The van der Waals surface area contributed by atoms with Crippen molar-refractivity contribution < 1.29 is 0 Å². The minimum atomic E-state index is 0.844. The molecule has 1 N–H and O–H groups in total. The molecule has 1 aliphatic carbocycles. The van der Waals surface area contributed by atoms with E-state index in [-0.39, 0.29) is 0 Å². The van der Waals surface area contributed by atoms with Crippen molar-refractivity contribution in [2.45, 2.75) is 51.9 Å². The van der Waals surface area contributed by atoms with Crippen LogP contribution in [0.1, 0.15) is 50.5 Å². The molecule has 0 aliphatic heterocycles. The van der Waals surface area contributed by atoms with Gasteiger partial charge in [0, 0.05) is 6.54 Å². The number of hydrogen-bond acceptors (Lipinski definition) is 4. The van der Waals surface area contributed by atoms with Gasteiger partial charge in [-0.15, -0.1) is 10.2 Å². The summed E-state index contributed by atoms with van der Waals surface area (Å²) in [5.41, 5.74) is 0. The van der Waals surface area contributed by atoms with Gasteiger partial charge >= 0.3 is 0 Å². The van der Waals surface area contributed by atoms with Crippen LogP contribution < -0.4 is 5.32 Å². The third-order valence-electron chi connectivity index (χ3n) is 3.29. The first-order valence-corrected chi connectivity index (χ1v) is 7.26. The fourth-order valence-electron chi connectivity index (χ4n) is 2.27. The van der Waals surface area contributed by atoms with E-state index in [1.165, 1.54) is 38.5 Å². The lowest BCUT2D eigenvalue weighted by molar-refractivity contribution is 0.483. The Hall–Kier alpha value is -0.640. The van der Waals surface area contributed by atoms with Gasteiger partial charge in [0.25, 0.3) is 0 Å². The van der Waals surface area contributed by atoms with Gasteiger partial charge in [-0.25, -0.2) is 0 Å². The quantitative estimate of drug-likeness (QED) is 0.817. The largest absolute Gasteiger partial charge is 0.360 e. The minimum Gasteiger partial charge on any atom is -0.360 e. The van der Waals surface area contributed by atoms with Crippen LogP contribution in [0.4, 0.5) is 5.13 Å². The third-order valence-corrected chi connectivity index (χ3v) is 4.31. The Morgan fingerprint density at radius 3 is 2.56 bits per heavy atom. The first kappa shape index (κ1) is 11.8. The average Bonchev–Trinajstić information content (AvgIpc) is 2.61. The lowest BCUT2D eigenvalue weighted by Crippen LogP contribution is -2.13. The third kappa shape index (κ3) is 3.44. The fraction of sp³-hybridized carbons (Fsp3) is 0.833. The molecular formula is C12H21N3S. The molecule has 0 radical (unpaired) electrons. The molecule has 0 saturated heterocycles. The molecule has 2 rings (SSSR count). The maximum Gasteiger partial charge on any atom is 0.205 e. The molecule has 1 saturated carbocycles. The first-order valence-electron chi connectivity index (χ1n) is 6.44. The summed E-state index contributed by atoms with van der Waals surface area (Å²) in [5, 5.41) is 13.8. The molecule has 1 aromatic heterocycles. The van der Waals surface area contributed by atoms with E-state index in [4.69, 9.17) is 0 Å². The van der Waals surface area contributed by atoms with E-state index < -0.39 is 0 Å². The summed E-state index contributed by atoms with van der Waals surface area (Å²) in [7, 11) is 0. The summed E-state index contributed by atoms with van der Waals surface area (Å²) in [6.45, 7) is 3.20. The SMILES string of the molecule is CCc1nnc(NCC2CCCCCC2)s1. The molecule has 1 aromatic rings. The predicted molar refractivity (Wildman–Crippen MR) is 69.0 cm³/mol. The van der Waals surface area contributed by atoms with Gasteiger partial charge < -0.3 is 5.32 Å². The Morgan fingerprint density at radius 2 is 1.94 bits per heavy atom. The molecule has 4 heteroatoms. The van der Waals surface area contributed by atoms with E-state index >= 15 is 0 Å². The van der Waals surface area contributed by atoms with E-state index in [1.54, 1.807) is 11.3 Å². The molecule has 0 spiro atoms. The van der Waals surface area contributed by atoms with Crippen LogP contribution in [0.5, 0.6) is 0 Å². The van der Waals surface area contributed by atoms with Crippen LogP contribution in [0, 0.1) is 5.92 Å². The molecule has 0 unspecified atom stereocenters. The molecule has 1 heterocycles. The van der Waals surface area contributed by atoms with Gasteiger partial charge in [0.15, 0.2) is 0 Å². The highest BCUT2D eigenvalue weighted by Gasteiger charge is 2.12. The normalized spacial score (nSPS) is 18.3. The molecule has 1 aliphatic rings. The molecule has 0 amide bonds. The minimum absolute atomic E-state index is 0.844. The topological polar surface area (TPSA) is 37.8 Å². The van der Waals surface area contributed by atoms with Gasteiger partial charge in [0.05, 0.1) is 0 Å². The molecule has 1 fully saturated rings. The van der Waals surface area contributed by atoms with Crippen molar-refractivity contribution in [1.29, 1.82) is 0 Å². The highest BCUT2D eigenvalue weighted by Crippen LogP contribution is 2.24.